The van der Waals surface area contributed by atoms with Crippen LogP contribution in [0.1, 0.15) is 27.5 Å². The fraction of sp³-hybridized carbons (Fsp3) is 0.167. The summed E-state index contributed by atoms with van der Waals surface area (Å²) in [6, 6.07) is 25.8. The Morgan fingerprint density at radius 1 is 0.900 bits per heavy atom. The molecule has 0 radical (unpaired) electrons. The van der Waals surface area contributed by atoms with Gasteiger partial charge < -0.3 is 10.1 Å². The smallest absolute Gasteiger partial charge is 0.339 e. The average molecular weight is 422 g/mol. The average Bonchev–Trinajstić information content (AvgIpc) is 2.78. The zero-order chi connectivity index (χ0) is 21.3. The first-order valence-electron chi connectivity index (χ1n) is 9.52. The van der Waals surface area contributed by atoms with Gasteiger partial charge in [-0.1, -0.05) is 72.8 Å². The zero-order valence-corrected chi connectivity index (χ0v) is 17.4. The Bertz CT molecular complexity index is 1020. The lowest BCUT2D eigenvalue weighted by Crippen LogP contribution is -2.33. The van der Waals surface area contributed by atoms with Crippen LogP contribution in [0.25, 0.3) is 0 Å². The van der Waals surface area contributed by atoms with Crippen molar-refractivity contribution in [1.82, 2.24) is 5.32 Å². The first-order chi connectivity index (χ1) is 14.5. The molecule has 0 saturated carbocycles. The van der Waals surface area contributed by atoms with Gasteiger partial charge in [0, 0.05) is 6.26 Å². The number of carbonyl (C=O) groups excluding carboxylic acids is 2. The Kier molecular flexibility index (Phi) is 7.51. The van der Waals surface area contributed by atoms with Crippen LogP contribution in [0.4, 0.5) is 0 Å². The van der Waals surface area contributed by atoms with Crippen molar-refractivity contribution in [2.75, 3.05) is 12.9 Å². The van der Waals surface area contributed by atoms with Crippen molar-refractivity contribution in [2.45, 2.75) is 17.4 Å². The van der Waals surface area contributed by atoms with Crippen molar-refractivity contribution in [1.29, 1.82) is 0 Å². The van der Waals surface area contributed by atoms with E-state index in [1.54, 1.807) is 24.3 Å². The van der Waals surface area contributed by atoms with Gasteiger partial charge in [-0.05, 0) is 29.7 Å². The highest BCUT2D eigenvalue weighted by Gasteiger charge is 2.19. The molecule has 154 valence electrons. The third-order valence-corrected chi connectivity index (χ3v) is 5.55. The largest absolute Gasteiger partial charge is 0.452 e. The molecule has 0 fully saturated rings. The molecule has 5 nitrogen and oxygen atoms in total. The molecule has 30 heavy (non-hydrogen) atoms. The topological polar surface area (TPSA) is 72.5 Å². The number of amides is 1. The maximum Gasteiger partial charge on any atom is 0.339 e. The normalized spacial score (nSPS) is 12.6. The van der Waals surface area contributed by atoms with Crippen molar-refractivity contribution < 1.29 is 18.5 Å². The highest BCUT2D eigenvalue weighted by Crippen LogP contribution is 2.18. The first-order valence-corrected chi connectivity index (χ1v) is 11.1. The van der Waals surface area contributed by atoms with Crippen LogP contribution in [-0.4, -0.2) is 28.9 Å². The van der Waals surface area contributed by atoms with Crippen LogP contribution in [-0.2, 0) is 26.8 Å². The molecule has 0 aliphatic carbocycles. The van der Waals surface area contributed by atoms with Crippen LogP contribution < -0.4 is 5.32 Å². The van der Waals surface area contributed by atoms with E-state index in [-0.39, 0.29) is 11.6 Å². The number of esters is 1. The van der Waals surface area contributed by atoms with Gasteiger partial charge in [-0.3, -0.25) is 9.00 Å². The molecule has 0 heterocycles. The summed E-state index contributed by atoms with van der Waals surface area (Å²) in [5.74, 6) is -1.07. The number of hydrogen-bond donors (Lipinski definition) is 1. The molecule has 0 spiro atoms. The van der Waals surface area contributed by atoms with Gasteiger partial charge in [0.15, 0.2) is 6.61 Å². The van der Waals surface area contributed by atoms with E-state index in [1.807, 2.05) is 60.7 Å². The van der Waals surface area contributed by atoms with Gasteiger partial charge in [0.2, 0.25) is 0 Å². The van der Waals surface area contributed by atoms with E-state index >= 15 is 0 Å². The van der Waals surface area contributed by atoms with Crippen LogP contribution in [0.2, 0.25) is 0 Å². The molecule has 3 rings (SSSR count). The Morgan fingerprint density at radius 2 is 1.50 bits per heavy atom. The molecule has 0 bridgehead atoms. The minimum absolute atomic E-state index is 0.204. The summed E-state index contributed by atoms with van der Waals surface area (Å²) in [5.41, 5.74) is 2.26. The molecule has 0 aliphatic rings. The highest BCUT2D eigenvalue weighted by molar-refractivity contribution is 7.84. The molecule has 0 unspecified atom stereocenters. The molecular formula is C24H23NO4S. The molecule has 6 heteroatoms. The lowest BCUT2D eigenvalue weighted by atomic mass is 9.99. The summed E-state index contributed by atoms with van der Waals surface area (Å²) in [4.78, 5) is 25.3. The SMILES string of the molecule is C[S@](=O)c1ccccc1C(=O)OCC(=O)N[C@H](Cc1ccccc1)c1ccccc1. The van der Waals surface area contributed by atoms with Gasteiger partial charge in [0.05, 0.1) is 27.3 Å². The molecule has 3 aromatic carbocycles. The first kappa shape index (κ1) is 21.5. The molecule has 1 amide bonds. The second-order valence-corrected chi connectivity index (χ2v) is 8.09. The van der Waals surface area contributed by atoms with Crippen LogP contribution in [0.15, 0.2) is 89.8 Å². The van der Waals surface area contributed by atoms with Gasteiger partial charge in [0.1, 0.15) is 0 Å². The second kappa shape index (κ2) is 10.5. The number of hydrogen-bond acceptors (Lipinski definition) is 4. The van der Waals surface area contributed by atoms with Gasteiger partial charge in [-0.2, -0.15) is 0 Å². The van der Waals surface area contributed by atoms with Gasteiger partial charge in [-0.25, -0.2) is 4.79 Å². The number of carbonyl (C=O) groups is 2. The Labute approximate surface area is 178 Å². The second-order valence-electron chi connectivity index (χ2n) is 6.75. The lowest BCUT2D eigenvalue weighted by Gasteiger charge is -2.19. The number of nitrogens with one attached hydrogen (secondary N) is 1. The monoisotopic (exact) mass is 421 g/mol. The van der Waals surface area contributed by atoms with E-state index in [4.69, 9.17) is 4.74 Å². The van der Waals surface area contributed by atoms with E-state index in [2.05, 4.69) is 5.32 Å². The van der Waals surface area contributed by atoms with Crippen molar-refractivity contribution in [2.24, 2.45) is 0 Å². The summed E-state index contributed by atoms with van der Waals surface area (Å²) < 4.78 is 17.0. The third kappa shape index (κ3) is 5.87. The molecule has 0 aromatic heterocycles. The highest BCUT2D eigenvalue weighted by atomic mass is 32.2. The standard InChI is InChI=1S/C24H23NO4S/c1-30(28)22-15-9-8-14-20(22)24(27)29-17-23(26)25-21(19-12-6-3-7-13-19)16-18-10-4-2-5-11-18/h2-15,21H,16-17H2,1H3,(H,25,26)/t21-,30+/m1/s1. The van der Waals surface area contributed by atoms with Crippen molar-refractivity contribution >= 4 is 22.7 Å². The molecule has 2 atom stereocenters. The van der Waals surface area contributed by atoms with Gasteiger partial charge >= 0.3 is 5.97 Å². The Hall–Kier alpha value is -3.25. The number of benzene rings is 3. The molecular weight excluding hydrogens is 398 g/mol. The number of ether oxygens (including phenoxy) is 1. The summed E-state index contributed by atoms with van der Waals surface area (Å²) >= 11 is 0. The van der Waals surface area contributed by atoms with Gasteiger partial charge in [-0.15, -0.1) is 0 Å². The lowest BCUT2D eigenvalue weighted by molar-refractivity contribution is -0.125. The number of rotatable bonds is 8. The molecule has 1 N–H and O–H groups in total. The summed E-state index contributed by atoms with van der Waals surface area (Å²) in [5, 5.41) is 2.95. The summed E-state index contributed by atoms with van der Waals surface area (Å²) in [7, 11) is -1.33. The van der Waals surface area contributed by atoms with Crippen molar-refractivity contribution in [3.8, 4) is 0 Å². The minimum atomic E-state index is -1.33. The van der Waals surface area contributed by atoms with E-state index < -0.39 is 29.3 Å². The van der Waals surface area contributed by atoms with E-state index in [0.29, 0.717) is 11.3 Å². The van der Waals surface area contributed by atoms with Crippen LogP contribution in [0, 0.1) is 0 Å². The predicted octanol–water partition coefficient (Wildman–Crippen LogP) is 3.68. The van der Waals surface area contributed by atoms with Crippen molar-refractivity contribution in [3.05, 3.63) is 102 Å². The van der Waals surface area contributed by atoms with Crippen LogP contribution >= 0.6 is 0 Å². The van der Waals surface area contributed by atoms with E-state index in [9.17, 15) is 13.8 Å². The van der Waals surface area contributed by atoms with E-state index in [0.717, 1.165) is 11.1 Å². The quantitative estimate of drug-likeness (QED) is 0.563. The maximum atomic E-state index is 12.5. The Balaban J connectivity index is 1.66. The minimum Gasteiger partial charge on any atom is -0.452 e. The Morgan fingerprint density at radius 3 is 2.17 bits per heavy atom. The fourth-order valence-electron chi connectivity index (χ4n) is 3.12. The van der Waals surface area contributed by atoms with Crippen LogP contribution in [0.5, 0.6) is 0 Å². The fourth-order valence-corrected chi connectivity index (χ4v) is 3.85. The molecule has 0 aliphatic heterocycles. The zero-order valence-electron chi connectivity index (χ0n) is 16.6. The van der Waals surface area contributed by atoms with Gasteiger partial charge in [0.25, 0.3) is 5.91 Å². The molecule has 3 aromatic rings. The predicted molar refractivity (Wildman–Crippen MR) is 117 cm³/mol. The van der Waals surface area contributed by atoms with Crippen LogP contribution in [0.3, 0.4) is 0 Å². The molecule has 0 saturated heterocycles. The van der Waals surface area contributed by atoms with E-state index in [1.165, 1.54) is 6.26 Å². The summed E-state index contributed by atoms with van der Waals surface area (Å²) in [6.07, 6.45) is 2.11. The maximum absolute atomic E-state index is 12.5. The third-order valence-electron chi connectivity index (χ3n) is 4.57. The summed E-state index contributed by atoms with van der Waals surface area (Å²) in [6.45, 7) is -0.415. The van der Waals surface area contributed by atoms with Crippen molar-refractivity contribution in [3.63, 3.8) is 0 Å².